The molecule has 0 bridgehead atoms. The normalized spacial score (nSPS) is 14.6. The number of nitrogens with one attached hydrogen (secondary N) is 2. The largest absolute Gasteiger partial charge is 0.492 e. The summed E-state index contributed by atoms with van der Waals surface area (Å²) in [6.07, 6.45) is 0. The lowest BCUT2D eigenvalue weighted by Crippen LogP contribution is -2.40. The Morgan fingerprint density at radius 2 is 1.61 bits per heavy atom. The number of hydrogen-bond acceptors (Lipinski definition) is 7. The Morgan fingerprint density at radius 3 is 2.29 bits per heavy atom. The Hall–Kier alpha value is -3.45. The summed E-state index contributed by atoms with van der Waals surface area (Å²) in [7, 11) is -7.38. The fourth-order valence-electron chi connectivity index (χ4n) is 3.76. The number of ether oxygens (including phenoxy) is 2. The van der Waals surface area contributed by atoms with Crippen LogP contribution in [0.3, 0.4) is 0 Å². The van der Waals surface area contributed by atoms with Gasteiger partial charge in [-0.25, -0.2) is 16.8 Å². The summed E-state index contributed by atoms with van der Waals surface area (Å²) in [6.45, 7) is 3.48. The van der Waals surface area contributed by atoms with Crippen LogP contribution in [-0.2, 0) is 24.8 Å². The summed E-state index contributed by atoms with van der Waals surface area (Å²) in [4.78, 5) is 12.9. The number of benzene rings is 3. The summed E-state index contributed by atoms with van der Waals surface area (Å²) < 4.78 is 65.5. The first kappa shape index (κ1) is 27.6. The van der Waals surface area contributed by atoms with Crippen LogP contribution in [0.4, 0.5) is 5.69 Å². The van der Waals surface area contributed by atoms with Crippen molar-refractivity contribution in [2.75, 3.05) is 44.2 Å². The van der Waals surface area contributed by atoms with Gasteiger partial charge in [0.2, 0.25) is 10.0 Å². The van der Waals surface area contributed by atoms with Crippen molar-refractivity contribution in [2.24, 2.45) is 0 Å². The molecule has 3 aromatic carbocycles. The maximum absolute atomic E-state index is 12.7. The lowest BCUT2D eigenvalue weighted by Gasteiger charge is -2.26. The van der Waals surface area contributed by atoms with Gasteiger partial charge in [0.05, 0.1) is 35.2 Å². The monoisotopic (exact) mass is 559 g/mol. The molecule has 4 rings (SSSR count). The Labute approximate surface area is 222 Å². The van der Waals surface area contributed by atoms with Crippen molar-refractivity contribution in [3.63, 3.8) is 0 Å². The predicted molar refractivity (Wildman–Crippen MR) is 142 cm³/mol. The first-order valence-corrected chi connectivity index (χ1v) is 14.9. The molecule has 38 heavy (non-hydrogen) atoms. The Balaban J connectivity index is 1.30. The molecule has 1 fully saturated rings. The number of carbonyl (C=O) groups excluding carboxylic acids is 1. The van der Waals surface area contributed by atoms with Crippen molar-refractivity contribution in [1.29, 1.82) is 0 Å². The number of nitrogens with zero attached hydrogens (tertiary/aromatic N) is 1. The van der Waals surface area contributed by atoms with E-state index < -0.39 is 20.0 Å². The Bertz CT molecular complexity index is 1470. The lowest BCUT2D eigenvalue weighted by atomic mass is 10.1. The van der Waals surface area contributed by atoms with Gasteiger partial charge in [-0.05, 0) is 61.0 Å². The zero-order valence-electron chi connectivity index (χ0n) is 20.8. The molecule has 0 atom stereocenters. The van der Waals surface area contributed by atoms with E-state index in [9.17, 15) is 21.6 Å². The molecule has 0 saturated carbocycles. The minimum atomic E-state index is -3.80. The molecule has 2 N–H and O–H groups in total. The van der Waals surface area contributed by atoms with Gasteiger partial charge < -0.3 is 14.8 Å². The number of hydrogen-bond donors (Lipinski definition) is 2. The van der Waals surface area contributed by atoms with E-state index in [-0.39, 0.29) is 28.8 Å². The predicted octanol–water partition coefficient (Wildman–Crippen LogP) is 2.63. The standard InChI is InChI=1S/C26H29N3O7S2/c1-20-7-8-21(19-25(20)28-37(31,32)23-5-3-2-4-6-23)26(30)27-13-16-36-22-9-11-24(12-10-22)38(33,34)29-14-17-35-18-15-29/h2-12,19,28H,13-18H2,1H3,(H,27,30). The van der Waals surface area contributed by atoms with Crippen LogP contribution in [0, 0.1) is 6.92 Å². The van der Waals surface area contributed by atoms with E-state index in [1.54, 1.807) is 49.4 Å². The van der Waals surface area contributed by atoms with Crippen LogP contribution >= 0.6 is 0 Å². The second-order valence-electron chi connectivity index (χ2n) is 8.54. The molecular formula is C26H29N3O7S2. The summed E-state index contributed by atoms with van der Waals surface area (Å²) in [5.41, 5.74) is 1.27. The summed E-state index contributed by atoms with van der Waals surface area (Å²) in [5, 5.41) is 2.73. The molecule has 202 valence electrons. The first-order valence-electron chi connectivity index (χ1n) is 11.9. The van der Waals surface area contributed by atoms with E-state index >= 15 is 0 Å². The number of aryl methyl sites for hydroxylation is 1. The van der Waals surface area contributed by atoms with Gasteiger partial charge in [0.15, 0.2) is 0 Å². The fourth-order valence-corrected chi connectivity index (χ4v) is 6.31. The van der Waals surface area contributed by atoms with Gasteiger partial charge in [0.1, 0.15) is 12.4 Å². The highest BCUT2D eigenvalue weighted by Gasteiger charge is 2.26. The molecule has 0 radical (unpaired) electrons. The topological polar surface area (TPSA) is 131 Å². The smallest absolute Gasteiger partial charge is 0.261 e. The van der Waals surface area contributed by atoms with Gasteiger partial charge in [-0.3, -0.25) is 9.52 Å². The van der Waals surface area contributed by atoms with Crippen molar-refractivity contribution in [3.05, 3.63) is 83.9 Å². The number of anilines is 1. The number of amides is 1. The molecule has 3 aromatic rings. The van der Waals surface area contributed by atoms with Gasteiger partial charge in [-0.1, -0.05) is 24.3 Å². The van der Waals surface area contributed by atoms with Gasteiger partial charge in [-0.15, -0.1) is 0 Å². The van der Waals surface area contributed by atoms with E-state index in [2.05, 4.69) is 10.0 Å². The molecule has 1 aliphatic rings. The van der Waals surface area contributed by atoms with Crippen LogP contribution in [0.2, 0.25) is 0 Å². The SMILES string of the molecule is Cc1ccc(C(=O)NCCOc2ccc(S(=O)(=O)N3CCOCC3)cc2)cc1NS(=O)(=O)c1ccccc1. The first-order chi connectivity index (χ1) is 18.2. The summed E-state index contributed by atoms with van der Waals surface area (Å²) in [6, 6.07) is 18.9. The molecule has 12 heteroatoms. The van der Waals surface area contributed by atoms with Crippen molar-refractivity contribution in [3.8, 4) is 5.75 Å². The Kier molecular flexibility index (Phi) is 8.67. The quantitative estimate of drug-likeness (QED) is 0.365. The third kappa shape index (κ3) is 6.70. The van der Waals surface area contributed by atoms with E-state index in [0.29, 0.717) is 48.9 Å². The third-order valence-electron chi connectivity index (χ3n) is 5.89. The summed E-state index contributed by atoms with van der Waals surface area (Å²) in [5.74, 6) is 0.0776. The van der Waals surface area contributed by atoms with Crippen molar-refractivity contribution < 1.29 is 31.1 Å². The maximum atomic E-state index is 12.7. The van der Waals surface area contributed by atoms with Crippen LogP contribution in [0.15, 0.2) is 82.6 Å². The van der Waals surface area contributed by atoms with Crippen LogP contribution in [0.5, 0.6) is 5.75 Å². The van der Waals surface area contributed by atoms with Crippen molar-refractivity contribution in [2.45, 2.75) is 16.7 Å². The number of morpholine rings is 1. The summed E-state index contributed by atoms with van der Waals surface area (Å²) >= 11 is 0. The van der Waals surface area contributed by atoms with Crippen LogP contribution in [-0.4, -0.2) is 66.5 Å². The highest BCUT2D eigenvalue weighted by atomic mass is 32.2. The minimum Gasteiger partial charge on any atom is -0.492 e. The average Bonchev–Trinajstić information content (AvgIpc) is 2.93. The van der Waals surface area contributed by atoms with Gasteiger partial charge in [0, 0.05) is 18.7 Å². The number of rotatable bonds is 10. The molecule has 0 unspecified atom stereocenters. The second-order valence-corrected chi connectivity index (χ2v) is 12.2. The maximum Gasteiger partial charge on any atom is 0.261 e. The third-order valence-corrected chi connectivity index (χ3v) is 9.18. The zero-order valence-corrected chi connectivity index (χ0v) is 22.4. The van der Waals surface area contributed by atoms with E-state index in [4.69, 9.17) is 9.47 Å². The number of sulfonamides is 2. The number of carbonyl (C=O) groups is 1. The van der Waals surface area contributed by atoms with Gasteiger partial charge in [-0.2, -0.15) is 4.31 Å². The molecule has 1 amide bonds. The van der Waals surface area contributed by atoms with Crippen molar-refractivity contribution in [1.82, 2.24) is 9.62 Å². The molecule has 0 aliphatic carbocycles. The molecule has 1 aliphatic heterocycles. The van der Waals surface area contributed by atoms with Crippen LogP contribution in [0.25, 0.3) is 0 Å². The van der Waals surface area contributed by atoms with Gasteiger partial charge in [0.25, 0.3) is 15.9 Å². The molecular weight excluding hydrogens is 530 g/mol. The molecule has 0 spiro atoms. The Morgan fingerprint density at radius 1 is 0.921 bits per heavy atom. The second kappa shape index (κ2) is 11.9. The lowest BCUT2D eigenvalue weighted by molar-refractivity contribution is 0.0730. The van der Waals surface area contributed by atoms with E-state index in [0.717, 1.165) is 0 Å². The van der Waals surface area contributed by atoms with Gasteiger partial charge >= 0.3 is 0 Å². The van der Waals surface area contributed by atoms with E-state index in [1.165, 1.54) is 34.6 Å². The fraction of sp³-hybridized carbons (Fsp3) is 0.269. The molecule has 1 saturated heterocycles. The van der Waals surface area contributed by atoms with Crippen LogP contribution < -0.4 is 14.8 Å². The van der Waals surface area contributed by atoms with E-state index in [1.807, 2.05) is 0 Å². The van der Waals surface area contributed by atoms with Crippen LogP contribution in [0.1, 0.15) is 15.9 Å². The van der Waals surface area contributed by atoms with Crippen molar-refractivity contribution >= 4 is 31.6 Å². The average molecular weight is 560 g/mol. The molecule has 1 heterocycles. The molecule has 0 aromatic heterocycles. The molecule has 10 nitrogen and oxygen atoms in total. The highest BCUT2D eigenvalue weighted by Crippen LogP contribution is 2.22. The zero-order chi connectivity index (χ0) is 27.2. The highest BCUT2D eigenvalue weighted by molar-refractivity contribution is 7.92. The minimum absolute atomic E-state index is 0.123.